The summed E-state index contributed by atoms with van der Waals surface area (Å²) >= 11 is 0. The molecule has 0 fully saturated rings. The van der Waals surface area contributed by atoms with Crippen LogP contribution in [0.1, 0.15) is 18.5 Å². The van der Waals surface area contributed by atoms with Crippen LogP contribution in [0.15, 0.2) is 42.6 Å². The van der Waals surface area contributed by atoms with Gasteiger partial charge in [-0.05, 0) is 36.8 Å². The highest BCUT2D eigenvalue weighted by Gasteiger charge is 2.09. The molecule has 1 N–H and O–H groups in total. The lowest BCUT2D eigenvalue weighted by molar-refractivity contribution is 0.399. The van der Waals surface area contributed by atoms with Crippen molar-refractivity contribution in [2.24, 2.45) is 0 Å². The van der Waals surface area contributed by atoms with Crippen molar-refractivity contribution < 1.29 is 9.47 Å². The van der Waals surface area contributed by atoms with Crippen LogP contribution in [0.3, 0.4) is 0 Å². The summed E-state index contributed by atoms with van der Waals surface area (Å²) in [5, 5.41) is 3.39. The number of nitrogens with one attached hydrogen (secondary N) is 1. The topological polar surface area (TPSA) is 43.4 Å². The van der Waals surface area contributed by atoms with Crippen molar-refractivity contribution in [1.29, 1.82) is 0 Å². The Hall–Kier alpha value is -2.23. The predicted octanol–water partition coefficient (Wildman–Crippen LogP) is 3.27. The second-order valence-electron chi connectivity index (χ2n) is 4.20. The van der Waals surface area contributed by atoms with E-state index in [0.717, 1.165) is 11.4 Å². The molecule has 1 atom stereocenters. The maximum Gasteiger partial charge on any atom is 0.237 e. The second kappa shape index (κ2) is 6.09. The zero-order valence-corrected chi connectivity index (χ0v) is 11.4. The molecule has 19 heavy (non-hydrogen) atoms. The number of rotatable bonds is 5. The van der Waals surface area contributed by atoms with Crippen LogP contribution in [-0.2, 0) is 0 Å². The number of nitrogens with zero attached hydrogens (tertiary/aromatic N) is 1. The van der Waals surface area contributed by atoms with Gasteiger partial charge in [0.1, 0.15) is 5.75 Å². The van der Waals surface area contributed by atoms with Gasteiger partial charge in [-0.1, -0.05) is 12.1 Å². The van der Waals surface area contributed by atoms with E-state index in [2.05, 4.69) is 17.2 Å². The van der Waals surface area contributed by atoms with Gasteiger partial charge in [0.15, 0.2) is 0 Å². The summed E-state index contributed by atoms with van der Waals surface area (Å²) in [7, 11) is 3.28. The lowest BCUT2D eigenvalue weighted by Crippen LogP contribution is -2.08. The zero-order valence-electron chi connectivity index (χ0n) is 11.4. The molecular weight excluding hydrogens is 240 g/mol. The summed E-state index contributed by atoms with van der Waals surface area (Å²) in [5.74, 6) is 1.46. The van der Waals surface area contributed by atoms with E-state index in [1.165, 1.54) is 5.56 Å². The molecule has 0 aliphatic heterocycles. The Morgan fingerprint density at radius 3 is 2.42 bits per heavy atom. The molecule has 0 radical (unpaired) electrons. The van der Waals surface area contributed by atoms with Crippen LogP contribution in [-0.4, -0.2) is 19.2 Å². The molecule has 0 spiro atoms. The smallest absolute Gasteiger partial charge is 0.237 e. The summed E-state index contributed by atoms with van der Waals surface area (Å²) in [6.45, 7) is 2.09. The van der Waals surface area contributed by atoms with Gasteiger partial charge in [-0.25, -0.2) is 4.98 Å². The monoisotopic (exact) mass is 258 g/mol. The number of hydrogen-bond acceptors (Lipinski definition) is 4. The number of aromatic nitrogens is 1. The van der Waals surface area contributed by atoms with Crippen LogP contribution in [0.5, 0.6) is 11.6 Å². The molecular formula is C15H18N2O2. The molecule has 2 aromatic rings. The largest absolute Gasteiger partial charge is 0.497 e. The Morgan fingerprint density at radius 2 is 1.79 bits per heavy atom. The molecule has 2 rings (SSSR count). The Balaban J connectivity index is 2.13. The summed E-state index contributed by atoms with van der Waals surface area (Å²) in [4.78, 5) is 4.17. The van der Waals surface area contributed by atoms with Gasteiger partial charge in [-0.15, -0.1) is 0 Å². The summed E-state index contributed by atoms with van der Waals surface area (Å²) in [6.07, 6.45) is 1.71. The van der Waals surface area contributed by atoms with E-state index < -0.39 is 0 Å². The third-order valence-electron chi connectivity index (χ3n) is 2.95. The Kier molecular flexibility index (Phi) is 4.23. The first-order chi connectivity index (χ1) is 9.24. The SMILES string of the molecule is COc1ccc(C(C)Nc2cccnc2OC)cc1. The second-order valence-corrected chi connectivity index (χ2v) is 4.20. The molecule has 0 aliphatic carbocycles. The third-order valence-corrected chi connectivity index (χ3v) is 2.95. The standard InChI is InChI=1S/C15H18N2O2/c1-11(12-6-8-13(18-2)9-7-12)17-14-5-4-10-16-15(14)19-3/h4-11,17H,1-3H3. The number of benzene rings is 1. The predicted molar refractivity (Wildman–Crippen MR) is 75.8 cm³/mol. The van der Waals surface area contributed by atoms with Crippen LogP contribution in [0, 0.1) is 0 Å². The number of pyridine rings is 1. The van der Waals surface area contributed by atoms with Gasteiger partial charge in [-0.3, -0.25) is 0 Å². The van der Waals surface area contributed by atoms with Crippen molar-refractivity contribution in [2.75, 3.05) is 19.5 Å². The summed E-state index contributed by atoms with van der Waals surface area (Å²) in [6, 6.07) is 12.0. The molecule has 0 saturated carbocycles. The fraction of sp³-hybridized carbons (Fsp3) is 0.267. The van der Waals surface area contributed by atoms with E-state index in [9.17, 15) is 0 Å². The van der Waals surface area contributed by atoms with Gasteiger partial charge < -0.3 is 14.8 Å². The van der Waals surface area contributed by atoms with Crippen LogP contribution in [0.25, 0.3) is 0 Å². The van der Waals surface area contributed by atoms with E-state index in [-0.39, 0.29) is 6.04 Å². The minimum atomic E-state index is 0.156. The summed E-state index contributed by atoms with van der Waals surface area (Å²) < 4.78 is 10.4. The fourth-order valence-corrected chi connectivity index (χ4v) is 1.87. The minimum absolute atomic E-state index is 0.156. The van der Waals surface area contributed by atoms with Crippen molar-refractivity contribution in [2.45, 2.75) is 13.0 Å². The molecule has 4 nitrogen and oxygen atoms in total. The van der Waals surface area contributed by atoms with Gasteiger partial charge in [0.25, 0.3) is 0 Å². The first kappa shape index (κ1) is 13.2. The number of ether oxygens (including phenoxy) is 2. The average Bonchev–Trinajstić information content (AvgIpc) is 2.48. The van der Waals surface area contributed by atoms with Crippen LogP contribution in [0.4, 0.5) is 5.69 Å². The highest BCUT2D eigenvalue weighted by atomic mass is 16.5. The highest BCUT2D eigenvalue weighted by Crippen LogP contribution is 2.26. The number of methoxy groups -OCH3 is 2. The molecule has 1 heterocycles. The van der Waals surface area contributed by atoms with Crippen molar-refractivity contribution in [3.63, 3.8) is 0 Å². The maximum absolute atomic E-state index is 5.22. The Morgan fingerprint density at radius 1 is 1.05 bits per heavy atom. The first-order valence-electron chi connectivity index (χ1n) is 6.14. The van der Waals surface area contributed by atoms with Gasteiger partial charge >= 0.3 is 0 Å². The highest BCUT2D eigenvalue weighted by molar-refractivity contribution is 5.53. The van der Waals surface area contributed by atoms with Crippen molar-refractivity contribution in [3.05, 3.63) is 48.2 Å². The van der Waals surface area contributed by atoms with Crippen molar-refractivity contribution in [1.82, 2.24) is 4.98 Å². The van der Waals surface area contributed by atoms with Crippen molar-refractivity contribution in [3.8, 4) is 11.6 Å². The summed E-state index contributed by atoms with van der Waals surface area (Å²) in [5.41, 5.74) is 2.06. The van der Waals surface area contributed by atoms with E-state index in [0.29, 0.717) is 5.88 Å². The average molecular weight is 258 g/mol. The maximum atomic E-state index is 5.22. The molecule has 4 heteroatoms. The lowest BCUT2D eigenvalue weighted by atomic mass is 10.1. The number of hydrogen-bond donors (Lipinski definition) is 1. The molecule has 0 amide bonds. The molecule has 100 valence electrons. The van der Waals surface area contributed by atoms with Crippen molar-refractivity contribution >= 4 is 5.69 Å². The number of anilines is 1. The van der Waals surface area contributed by atoms with Crippen LogP contribution >= 0.6 is 0 Å². The van der Waals surface area contributed by atoms with E-state index in [4.69, 9.17) is 9.47 Å². The molecule has 0 bridgehead atoms. The van der Waals surface area contributed by atoms with Gasteiger partial charge in [-0.2, -0.15) is 0 Å². The van der Waals surface area contributed by atoms with Gasteiger partial charge in [0, 0.05) is 12.2 Å². The molecule has 1 unspecified atom stereocenters. The fourth-order valence-electron chi connectivity index (χ4n) is 1.87. The minimum Gasteiger partial charge on any atom is -0.497 e. The first-order valence-corrected chi connectivity index (χ1v) is 6.14. The molecule has 0 saturated heterocycles. The molecule has 1 aromatic carbocycles. The Labute approximate surface area is 113 Å². The van der Waals surface area contributed by atoms with Crippen LogP contribution < -0.4 is 14.8 Å². The van der Waals surface area contributed by atoms with Gasteiger partial charge in [0.2, 0.25) is 5.88 Å². The van der Waals surface area contributed by atoms with Gasteiger partial charge in [0.05, 0.1) is 19.9 Å². The zero-order chi connectivity index (χ0) is 13.7. The van der Waals surface area contributed by atoms with E-state index >= 15 is 0 Å². The van der Waals surface area contributed by atoms with E-state index in [1.807, 2.05) is 36.4 Å². The quantitative estimate of drug-likeness (QED) is 0.893. The molecule has 1 aromatic heterocycles. The van der Waals surface area contributed by atoms with Crippen LogP contribution in [0.2, 0.25) is 0 Å². The third kappa shape index (κ3) is 3.16. The normalized spacial score (nSPS) is 11.7. The lowest BCUT2D eigenvalue weighted by Gasteiger charge is -2.17. The van der Waals surface area contributed by atoms with E-state index in [1.54, 1.807) is 20.4 Å². The molecule has 0 aliphatic rings. The Bertz CT molecular complexity index is 526.